The summed E-state index contributed by atoms with van der Waals surface area (Å²) >= 11 is 0. The van der Waals surface area contributed by atoms with Crippen molar-refractivity contribution in [3.05, 3.63) is 121 Å². The van der Waals surface area contributed by atoms with E-state index in [0.717, 1.165) is 33.1 Å². The minimum Gasteiger partial charge on any atom is -0.254 e. The molecule has 35 heavy (non-hydrogen) atoms. The quantitative estimate of drug-likeness (QED) is 0.251. The smallest absolute Gasteiger partial charge is 0.0978 e. The summed E-state index contributed by atoms with van der Waals surface area (Å²) in [6, 6.07) is 38.6. The van der Waals surface area contributed by atoms with Crippen LogP contribution in [-0.4, -0.2) is 9.97 Å². The van der Waals surface area contributed by atoms with Crippen LogP contribution in [0, 0.1) is 0 Å². The molecule has 0 N–H and O–H groups in total. The van der Waals surface area contributed by atoms with Crippen LogP contribution < -0.4 is 0 Å². The van der Waals surface area contributed by atoms with Crippen molar-refractivity contribution in [3.8, 4) is 33.5 Å². The van der Waals surface area contributed by atoms with E-state index in [1.807, 2.05) is 12.3 Å². The number of aromatic nitrogens is 2. The summed E-state index contributed by atoms with van der Waals surface area (Å²) in [7, 11) is 0. The Labute approximate surface area is 206 Å². The van der Waals surface area contributed by atoms with Gasteiger partial charge in [0.15, 0.2) is 0 Å². The van der Waals surface area contributed by atoms with Gasteiger partial charge in [-0.05, 0) is 45.9 Å². The zero-order valence-electron chi connectivity index (χ0n) is 19.9. The number of hydrogen-bond acceptors (Lipinski definition) is 2. The van der Waals surface area contributed by atoms with Crippen LogP contribution in [0.15, 0.2) is 115 Å². The molecule has 0 saturated carbocycles. The van der Waals surface area contributed by atoms with Crippen molar-refractivity contribution in [1.82, 2.24) is 9.97 Å². The van der Waals surface area contributed by atoms with Crippen LogP contribution in [0.3, 0.4) is 0 Å². The van der Waals surface area contributed by atoms with Gasteiger partial charge in [-0.2, -0.15) is 0 Å². The monoisotopic (exact) mass is 450 g/mol. The molecule has 0 radical (unpaired) electrons. The van der Waals surface area contributed by atoms with E-state index in [1.54, 1.807) is 0 Å². The Morgan fingerprint density at radius 1 is 0.543 bits per heavy atom. The van der Waals surface area contributed by atoms with E-state index < -0.39 is 0 Å². The summed E-state index contributed by atoms with van der Waals surface area (Å²) in [5.41, 5.74) is 9.99. The van der Waals surface area contributed by atoms with Crippen molar-refractivity contribution in [3.63, 3.8) is 0 Å². The van der Waals surface area contributed by atoms with Gasteiger partial charge >= 0.3 is 0 Å². The van der Waals surface area contributed by atoms with Crippen LogP contribution >= 0.6 is 0 Å². The molecule has 0 aliphatic heterocycles. The molecular weight excluding hydrogens is 424 g/mol. The predicted molar refractivity (Wildman–Crippen MR) is 147 cm³/mol. The van der Waals surface area contributed by atoms with Gasteiger partial charge in [0.25, 0.3) is 0 Å². The third kappa shape index (κ3) is 3.87. The van der Waals surface area contributed by atoms with Gasteiger partial charge in [-0.25, -0.2) is 4.98 Å². The molecule has 0 saturated heterocycles. The minimum absolute atomic E-state index is 0.498. The SMILES string of the molecule is CC(C)c1ccc(-c2cc(-c3ccccc3)c3ccc4c(-c5ccccc5)ccnc4c3n2)cc1. The van der Waals surface area contributed by atoms with Crippen molar-refractivity contribution in [2.24, 2.45) is 0 Å². The number of hydrogen-bond donors (Lipinski definition) is 0. The maximum atomic E-state index is 5.21. The molecule has 2 heterocycles. The first-order valence-electron chi connectivity index (χ1n) is 12.1. The lowest BCUT2D eigenvalue weighted by Gasteiger charge is -2.14. The van der Waals surface area contributed by atoms with Gasteiger partial charge in [0.05, 0.1) is 16.7 Å². The third-order valence-corrected chi connectivity index (χ3v) is 6.73. The van der Waals surface area contributed by atoms with E-state index >= 15 is 0 Å². The van der Waals surface area contributed by atoms with Crippen LogP contribution in [0.4, 0.5) is 0 Å². The van der Waals surface area contributed by atoms with Crippen LogP contribution in [0.1, 0.15) is 25.3 Å². The number of rotatable bonds is 4. The van der Waals surface area contributed by atoms with Gasteiger partial charge in [-0.3, -0.25) is 4.98 Å². The molecule has 2 aromatic heterocycles. The maximum absolute atomic E-state index is 5.21. The Kier molecular flexibility index (Phi) is 5.35. The lowest BCUT2D eigenvalue weighted by Crippen LogP contribution is -1.94. The molecule has 0 aliphatic rings. The molecule has 2 heteroatoms. The van der Waals surface area contributed by atoms with Crippen molar-refractivity contribution in [1.29, 1.82) is 0 Å². The van der Waals surface area contributed by atoms with Crippen LogP contribution in [-0.2, 0) is 0 Å². The van der Waals surface area contributed by atoms with Crippen LogP contribution in [0.2, 0.25) is 0 Å². The molecule has 0 unspecified atom stereocenters. The van der Waals surface area contributed by atoms with Gasteiger partial charge in [-0.15, -0.1) is 0 Å². The number of nitrogens with zero attached hydrogens (tertiary/aromatic N) is 2. The largest absolute Gasteiger partial charge is 0.254 e. The second-order valence-electron chi connectivity index (χ2n) is 9.28. The molecule has 0 bridgehead atoms. The molecule has 4 aromatic carbocycles. The fraction of sp³-hybridized carbons (Fsp3) is 0.0909. The maximum Gasteiger partial charge on any atom is 0.0978 e. The molecule has 6 aromatic rings. The second-order valence-corrected chi connectivity index (χ2v) is 9.28. The topological polar surface area (TPSA) is 25.8 Å². The lowest BCUT2D eigenvalue weighted by molar-refractivity contribution is 0.867. The summed E-state index contributed by atoms with van der Waals surface area (Å²) in [5.74, 6) is 0.498. The average molecular weight is 451 g/mol. The highest BCUT2D eigenvalue weighted by molar-refractivity contribution is 6.12. The minimum atomic E-state index is 0.498. The van der Waals surface area contributed by atoms with Crippen molar-refractivity contribution < 1.29 is 0 Å². The Balaban J connectivity index is 1.65. The zero-order chi connectivity index (χ0) is 23.8. The first kappa shape index (κ1) is 21.2. The summed E-state index contributed by atoms with van der Waals surface area (Å²) in [6.07, 6.45) is 1.90. The van der Waals surface area contributed by atoms with E-state index in [-0.39, 0.29) is 0 Å². The van der Waals surface area contributed by atoms with Gasteiger partial charge in [-0.1, -0.05) is 111 Å². The first-order chi connectivity index (χ1) is 17.2. The van der Waals surface area contributed by atoms with Crippen molar-refractivity contribution >= 4 is 21.8 Å². The van der Waals surface area contributed by atoms with E-state index in [4.69, 9.17) is 9.97 Å². The predicted octanol–water partition coefficient (Wildman–Crippen LogP) is 8.91. The van der Waals surface area contributed by atoms with Crippen molar-refractivity contribution in [2.45, 2.75) is 19.8 Å². The fourth-order valence-electron chi connectivity index (χ4n) is 4.81. The zero-order valence-corrected chi connectivity index (χ0v) is 19.9. The Morgan fingerprint density at radius 2 is 1.14 bits per heavy atom. The number of fused-ring (bicyclic) bond motifs is 3. The highest BCUT2D eigenvalue weighted by Gasteiger charge is 2.15. The van der Waals surface area contributed by atoms with Crippen LogP contribution in [0.25, 0.3) is 55.3 Å². The first-order valence-corrected chi connectivity index (χ1v) is 12.1. The van der Waals surface area contributed by atoms with Crippen LogP contribution in [0.5, 0.6) is 0 Å². The Hall–Kier alpha value is -4.30. The normalized spacial score (nSPS) is 11.4. The van der Waals surface area contributed by atoms with E-state index in [9.17, 15) is 0 Å². The number of benzene rings is 4. The standard InChI is InChI=1S/C33H26N2/c1-22(2)23-13-15-26(16-14-23)31-21-30(25-11-7-4-8-12-25)29-18-17-28-27(24-9-5-3-6-10-24)19-20-34-32(28)33(29)35-31/h3-22H,1-2H3. The summed E-state index contributed by atoms with van der Waals surface area (Å²) in [6.45, 7) is 4.44. The molecule has 0 aliphatic carbocycles. The summed E-state index contributed by atoms with van der Waals surface area (Å²) < 4.78 is 0. The molecule has 0 fully saturated rings. The Morgan fingerprint density at radius 3 is 1.77 bits per heavy atom. The lowest BCUT2D eigenvalue weighted by atomic mass is 9.94. The van der Waals surface area contributed by atoms with Gasteiger partial charge in [0, 0.05) is 22.5 Å². The van der Waals surface area contributed by atoms with E-state index in [2.05, 4.69) is 117 Å². The molecule has 0 spiro atoms. The van der Waals surface area contributed by atoms with Gasteiger partial charge in [0.2, 0.25) is 0 Å². The fourth-order valence-corrected chi connectivity index (χ4v) is 4.81. The average Bonchev–Trinajstić information content (AvgIpc) is 2.93. The number of pyridine rings is 2. The highest BCUT2D eigenvalue weighted by atomic mass is 14.8. The van der Waals surface area contributed by atoms with Crippen molar-refractivity contribution in [2.75, 3.05) is 0 Å². The summed E-state index contributed by atoms with van der Waals surface area (Å²) in [4.78, 5) is 10.0. The molecule has 0 amide bonds. The molecule has 2 nitrogen and oxygen atoms in total. The van der Waals surface area contributed by atoms with Gasteiger partial charge < -0.3 is 0 Å². The van der Waals surface area contributed by atoms with Gasteiger partial charge in [0.1, 0.15) is 0 Å². The highest BCUT2D eigenvalue weighted by Crippen LogP contribution is 2.37. The third-order valence-electron chi connectivity index (χ3n) is 6.73. The van der Waals surface area contributed by atoms with E-state index in [0.29, 0.717) is 5.92 Å². The second kappa shape index (κ2) is 8.81. The molecule has 168 valence electrons. The molecule has 6 rings (SSSR count). The molecule has 0 atom stereocenters. The summed E-state index contributed by atoms with van der Waals surface area (Å²) in [5, 5.41) is 2.23. The van der Waals surface area contributed by atoms with E-state index in [1.165, 1.54) is 27.8 Å². The molecular formula is C33H26N2. The Bertz CT molecular complexity index is 1630.